The van der Waals surface area contributed by atoms with Gasteiger partial charge in [0.05, 0.1) is 22.5 Å². The van der Waals surface area contributed by atoms with Crippen LogP contribution in [0.1, 0.15) is 36.1 Å². The van der Waals surface area contributed by atoms with Gasteiger partial charge in [0, 0.05) is 5.41 Å². The highest BCUT2D eigenvalue weighted by Crippen LogP contribution is 2.48. The Hall–Kier alpha value is -2.78. The van der Waals surface area contributed by atoms with Crippen LogP contribution in [-0.2, 0) is 17.8 Å². The van der Waals surface area contributed by atoms with Crippen LogP contribution in [0.2, 0.25) is 0 Å². The number of phenols is 2. The second-order valence-corrected chi connectivity index (χ2v) is 6.53. The zero-order valence-corrected chi connectivity index (χ0v) is 14.1. The number of hydrogen-bond acceptors (Lipinski definition) is 4. The Morgan fingerprint density at radius 3 is 1.33 bits per heavy atom. The normalized spacial score (nSPS) is 13.0. The summed E-state index contributed by atoms with van der Waals surface area (Å²) in [5.74, 6) is -1.55. The van der Waals surface area contributed by atoms with E-state index in [1.165, 1.54) is 0 Å². The van der Waals surface area contributed by atoms with Gasteiger partial charge in [-0.2, -0.15) is 26.3 Å². The molecular formula is C17H16F6N2O2. The van der Waals surface area contributed by atoms with Crippen LogP contribution < -0.4 is 11.5 Å². The number of aromatic hydroxyl groups is 2. The topological polar surface area (TPSA) is 92.5 Å². The van der Waals surface area contributed by atoms with Gasteiger partial charge in [0.1, 0.15) is 11.5 Å². The smallest absolute Gasteiger partial charge is 0.416 e. The van der Waals surface area contributed by atoms with Crippen molar-refractivity contribution in [3.8, 4) is 11.5 Å². The average molecular weight is 394 g/mol. The first-order chi connectivity index (χ1) is 12.1. The maximum absolute atomic E-state index is 13.5. The molecule has 0 fully saturated rings. The zero-order chi connectivity index (χ0) is 20.9. The van der Waals surface area contributed by atoms with E-state index >= 15 is 0 Å². The molecule has 4 nitrogen and oxygen atoms in total. The molecule has 0 aliphatic heterocycles. The van der Waals surface area contributed by atoms with Crippen molar-refractivity contribution in [1.29, 1.82) is 0 Å². The maximum atomic E-state index is 13.5. The number of benzene rings is 2. The summed E-state index contributed by atoms with van der Waals surface area (Å²) in [6.45, 7) is 2.24. The van der Waals surface area contributed by atoms with E-state index in [0.717, 1.165) is 19.9 Å². The van der Waals surface area contributed by atoms with Crippen LogP contribution in [0, 0.1) is 0 Å². The molecule has 2 rings (SSSR count). The second kappa shape index (κ2) is 6.14. The fraction of sp³-hybridized carbons (Fsp3) is 0.294. The van der Waals surface area contributed by atoms with Crippen molar-refractivity contribution in [3.63, 3.8) is 0 Å². The van der Waals surface area contributed by atoms with Gasteiger partial charge >= 0.3 is 12.4 Å². The fourth-order valence-electron chi connectivity index (χ4n) is 2.86. The fourth-order valence-corrected chi connectivity index (χ4v) is 2.86. The first kappa shape index (κ1) is 20.5. The first-order valence-electron chi connectivity index (χ1n) is 7.47. The number of nitrogens with two attached hydrogens (primary N) is 2. The van der Waals surface area contributed by atoms with Crippen LogP contribution in [0.5, 0.6) is 11.5 Å². The van der Waals surface area contributed by atoms with E-state index in [9.17, 15) is 36.6 Å². The lowest BCUT2D eigenvalue weighted by atomic mass is 9.73. The van der Waals surface area contributed by atoms with Crippen molar-refractivity contribution in [3.05, 3.63) is 46.5 Å². The number of halogens is 6. The molecule has 0 radical (unpaired) electrons. The molecule has 0 amide bonds. The van der Waals surface area contributed by atoms with E-state index in [1.807, 2.05) is 0 Å². The monoisotopic (exact) mass is 394 g/mol. The quantitative estimate of drug-likeness (QED) is 0.340. The number of phenolic OH excluding ortho intramolecular Hbond substituents is 2. The molecule has 0 aromatic heterocycles. The lowest BCUT2D eigenvalue weighted by Crippen LogP contribution is -2.28. The van der Waals surface area contributed by atoms with Gasteiger partial charge in [-0.3, -0.25) is 0 Å². The molecule has 0 spiro atoms. The summed E-state index contributed by atoms with van der Waals surface area (Å²) in [5.41, 5.74) is 4.05. The summed E-state index contributed by atoms with van der Waals surface area (Å²) >= 11 is 0. The van der Waals surface area contributed by atoms with Crippen molar-refractivity contribution >= 4 is 11.4 Å². The van der Waals surface area contributed by atoms with Gasteiger partial charge in [0.2, 0.25) is 0 Å². The van der Waals surface area contributed by atoms with Crippen LogP contribution in [0.4, 0.5) is 37.7 Å². The SMILES string of the molecule is CC(C)(c1cc(N)c(O)cc1C(F)(F)F)c1cc(O)c(N)cc1C(F)(F)F. The molecule has 6 N–H and O–H groups in total. The van der Waals surface area contributed by atoms with Crippen LogP contribution in [0.15, 0.2) is 24.3 Å². The zero-order valence-electron chi connectivity index (χ0n) is 14.1. The van der Waals surface area contributed by atoms with E-state index in [4.69, 9.17) is 11.5 Å². The van der Waals surface area contributed by atoms with Gasteiger partial charge in [-0.25, -0.2) is 0 Å². The Balaban J connectivity index is 2.89. The average Bonchev–Trinajstić information content (AvgIpc) is 2.49. The van der Waals surface area contributed by atoms with E-state index < -0.39 is 62.9 Å². The van der Waals surface area contributed by atoms with Crippen LogP contribution >= 0.6 is 0 Å². The van der Waals surface area contributed by atoms with E-state index in [0.29, 0.717) is 18.2 Å². The van der Waals surface area contributed by atoms with Crippen molar-refractivity contribution in [2.75, 3.05) is 11.5 Å². The predicted octanol–water partition coefficient (Wildman–Crippen LogP) is 4.63. The van der Waals surface area contributed by atoms with Gasteiger partial charge in [0.15, 0.2) is 0 Å². The highest BCUT2D eigenvalue weighted by molar-refractivity contribution is 5.63. The second-order valence-electron chi connectivity index (χ2n) is 6.53. The van der Waals surface area contributed by atoms with Crippen molar-refractivity contribution < 1.29 is 36.6 Å². The van der Waals surface area contributed by atoms with Crippen LogP contribution in [0.25, 0.3) is 0 Å². The van der Waals surface area contributed by atoms with Crippen molar-refractivity contribution in [2.45, 2.75) is 31.6 Å². The summed E-state index contributed by atoms with van der Waals surface area (Å²) in [4.78, 5) is 0. The summed E-state index contributed by atoms with van der Waals surface area (Å²) in [7, 11) is 0. The van der Waals surface area contributed by atoms with Gasteiger partial charge < -0.3 is 21.7 Å². The Kier molecular flexibility index (Phi) is 4.67. The molecule has 27 heavy (non-hydrogen) atoms. The van der Waals surface area contributed by atoms with Gasteiger partial charge in [-0.1, -0.05) is 13.8 Å². The van der Waals surface area contributed by atoms with Gasteiger partial charge in [0.25, 0.3) is 0 Å². The summed E-state index contributed by atoms with van der Waals surface area (Å²) < 4.78 is 80.7. The minimum absolute atomic E-state index is 0.358. The lowest BCUT2D eigenvalue weighted by Gasteiger charge is -2.32. The molecule has 2 aromatic carbocycles. The molecule has 0 unspecified atom stereocenters. The number of nitrogen functional groups attached to an aromatic ring is 2. The summed E-state index contributed by atoms with van der Waals surface area (Å²) in [6, 6.07) is 2.27. The van der Waals surface area contributed by atoms with E-state index in [1.54, 1.807) is 0 Å². The molecule has 0 aliphatic rings. The first-order valence-corrected chi connectivity index (χ1v) is 7.47. The maximum Gasteiger partial charge on any atom is 0.416 e. The molecule has 2 aromatic rings. The molecule has 10 heteroatoms. The summed E-state index contributed by atoms with van der Waals surface area (Å²) in [6.07, 6.45) is -9.90. The molecule has 0 saturated carbocycles. The lowest BCUT2D eigenvalue weighted by molar-refractivity contribution is -0.139. The Morgan fingerprint density at radius 1 is 0.630 bits per heavy atom. The number of alkyl halides is 6. The third kappa shape index (κ3) is 3.69. The van der Waals surface area contributed by atoms with Crippen molar-refractivity contribution in [1.82, 2.24) is 0 Å². The standard InChI is InChI=1S/C17H16F6N2O2/c1-15(2,7-3-11(24)14(27)6-10(7)17(21,22)23)8-5-13(26)12(25)4-9(8)16(18,19)20/h3-6,26-27H,24-25H2,1-2H3. The van der Waals surface area contributed by atoms with Gasteiger partial charge in [-0.15, -0.1) is 0 Å². The number of anilines is 2. The molecular weight excluding hydrogens is 378 g/mol. The molecule has 148 valence electrons. The Morgan fingerprint density at radius 2 is 0.926 bits per heavy atom. The minimum atomic E-state index is -4.97. The molecule has 0 saturated heterocycles. The Labute approximate surface area is 150 Å². The highest BCUT2D eigenvalue weighted by Gasteiger charge is 2.43. The number of rotatable bonds is 2. The van der Waals surface area contributed by atoms with Crippen molar-refractivity contribution in [2.24, 2.45) is 0 Å². The van der Waals surface area contributed by atoms with E-state index in [-0.39, 0.29) is 0 Å². The molecule has 0 atom stereocenters. The van der Waals surface area contributed by atoms with Crippen LogP contribution in [0.3, 0.4) is 0 Å². The third-order valence-corrected chi connectivity index (χ3v) is 4.29. The van der Waals surface area contributed by atoms with E-state index in [2.05, 4.69) is 0 Å². The molecule has 0 bridgehead atoms. The number of hydrogen-bond donors (Lipinski definition) is 4. The Bertz CT molecular complexity index is 817. The summed E-state index contributed by atoms with van der Waals surface area (Å²) in [5, 5.41) is 19.3. The molecule has 0 aliphatic carbocycles. The largest absolute Gasteiger partial charge is 0.506 e. The minimum Gasteiger partial charge on any atom is -0.506 e. The molecule has 0 heterocycles. The van der Waals surface area contributed by atoms with Gasteiger partial charge in [-0.05, 0) is 35.4 Å². The highest BCUT2D eigenvalue weighted by atomic mass is 19.4. The predicted molar refractivity (Wildman–Crippen MR) is 87.2 cm³/mol. The third-order valence-electron chi connectivity index (χ3n) is 4.29. The van der Waals surface area contributed by atoms with Crippen LogP contribution in [-0.4, -0.2) is 10.2 Å².